The van der Waals surface area contributed by atoms with Crippen molar-refractivity contribution >= 4 is 19.9 Å². The van der Waals surface area contributed by atoms with Crippen LogP contribution >= 0.6 is 11.6 Å². The van der Waals surface area contributed by atoms with Gasteiger partial charge in [-0.2, -0.15) is 13.2 Å². The highest BCUT2D eigenvalue weighted by molar-refractivity contribution is 6.69. The van der Waals surface area contributed by atoms with E-state index in [1.807, 2.05) is 0 Å². The first kappa shape index (κ1) is 19.6. The fourth-order valence-electron chi connectivity index (χ4n) is 2.27. The van der Waals surface area contributed by atoms with E-state index in [1.54, 1.807) is 50.0 Å². The largest absolute Gasteiger partial charge is 0.432 e. The zero-order valence-corrected chi connectivity index (χ0v) is 15.9. The van der Waals surface area contributed by atoms with Crippen LogP contribution in [0.2, 0.25) is 24.7 Å². The standard InChI is InChI=1S/C19H18ClF3OSi/c1-25(2,3)24-18(19(21,22)23,16-9-11-17(20)12-10-16)14-13-15-7-5-4-6-8-15/h4-12H,1-3H3. The van der Waals surface area contributed by atoms with Crippen molar-refractivity contribution in [3.63, 3.8) is 0 Å². The van der Waals surface area contributed by atoms with Gasteiger partial charge in [0.15, 0.2) is 8.32 Å². The minimum Gasteiger partial charge on any atom is -0.391 e. The number of hydrogen-bond donors (Lipinski definition) is 0. The summed E-state index contributed by atoms with van der Waals surface area (Å²) in [7, 11) is -2.59. The van der Waals surface area contributed by atoms with Crippen LogP contribution in [-0.4, -0.2) is 14.5 Å². The monoisotopic (exact) mass is 382 g/mol. The van der Waals surface area contributed by atoms with Gasteiger partial charge in [0.25, 0.3) is 0 Å². The first-order valence-electron chi connectivity index (χ1n) is 7.65. The lowest BCUT2D eigenvalue weighted by Gasteiger charge is -2.37. The molecule has 0 bridgehead atoms. The van der Waals surface area contributed by atoms with Crippen molar-refractivity contribution in [2.75, 3.05) is 0 Å². The van der Waals surface area contributed by atoms with Crippen molar-refractivity contribution in [3.8, 4) is 11.8 Å². The molecule has 0 fully saturated rings. The van der Waals surface area contributed by atoms with Gasteiger partial charge in [0.1, 0.15) is 0 Å². The molecule has 2 aromatic carbocycles. The number of halogens is 4. The lowest BCUT2D eigenvalue weighted by atomic mass is 9.93. The van der Waals surface area contributed by atoms with Crippen LogP contribution in [0.5, 0.6) is 0 Å². The van der Waals surface area contributed by atoms with Gasteiger partial charge < -0.3 is 4.43 Å². The Kier molecular flexibility index (Phi) is 5.67. The van der Waals surface area contributed by atoms with Gasteiger partial charge in [0.2, 0.25) is 5.60 Å². The Bertz CT molecular complexity index is 771. The van der Waals surface area contributed by atoms with Crippen LogP contribution in [0.25, 0.3) is 0 Å². The van der Waals surface area contributed by atoms with Crippen molar-refractivity contribution in [1.82, 2.24) is 0 Å². The van der Waals surface area contributed by atoms with Gasteiger partial charge in [-0.3, -0.25) is 0 Å². The van der Waals surface area contributed by atoms with E-state index in [-0.39, 0.29) is 5.56 Å². The molecule has 132 valence electrons. The van der Waals surface area contributed by atoms with E-state index >= 15 is 0 Å². The molecule has 2 rings (SSSR count). The summed E-state index contributed by atoms with van der Waals surface area (Å²) in [5, 5.41) is 0.351. The maximum Gasteiger partial charge on any atom is 0.432 e. The normalized spacial score (nSPS) is 14.4. The third-order valence-electron chi connectivity index (χ3n) is 3.27. The third kappa shape index (κ3) is 4.88. The SMILES string of the molecule is C[Si](C)(C)OC(C#Cc1ccccc1)(c1ccc(Cl)cc1)C(F)(F)F. The van der Waals surface area contributed by atoms with Crippen molar-refractivity contribution in [3.05, 3.63) is 70.7 Å². The first-order valence-corrected chi connectivity index (χ1v) is 11.4. The van der Waals surface area contributed by atoms with Gasteiger partial charge in [-0.25, -0.2) is 0 Å². The van der Waals surface area contributed by atoms with E-state index in [9.17, 15) is 13.2 Å². The minimum absolute atomic E-state index is 0.0738. The fraction of sp³-hybridized carbons (Fsp3) is 0.263. The van der Waals surface area contributed by atoms with E-state index in [0.29, 0.717) is 10.6 Å². The second kappa shape index (κ2) is 7.25. The van der Waals surface area contributed by atoms with Crippen molar-refractivity contribution in [2.45, 2.75) is 31.4 Å². The van der Waals surface area contributed by atoms with Gasteiger partial charge >= 0.3 is 6.18 Å². The van der Waals surface area contributed by atoms with Gasteiger partial charge in [0.05, 0.1) is 0 Å². The first-order chi connectivity index (χ1) is 11.5. The molecule has 2 aromatic rings. The van der Waals surface area contributed by atoms with Crippen LogP contribution in [-0.2, 0) is 10.0 Å². The average Bonchev–Trinajstić information content (AvgIpc) is 2.51. The van der Waals surface area contributed by atoms with Crippen LogP contribution in [0, 0.1) is 11.8 Å². The topological polar surface area (TPSA) is 9.23 Å². The molecule has 0 aromatic heterocycles. The van der Waals surface area contributed by atoms with E-state index in [0.717, 1.165) is 0 Å². The molecule has 0 saturated carbocycles. The average molecular weight is 383 g/mol. The maximum atomic E-state index is 14.2. The zero-order valence-electron chi connectivity index (χ0n) is 14.1. The summed E-state index contributed by atoms with van der Waals surface area (Å²) >= 11 is 5.83. The molecule has 0 N–H and O–H groups in total. The Hall–Kier alpha value is -1.74. The van der Waals surface area contributed by atoms with Crippen LogP contribution in [0.4, 0.5) is 13.2 Å². The number of alkyl halides is 3. The van der Waals surface area contributed by atoms with E-state index in [2.05, 4.69) is 11.8 Å². The van der Waals surface area contributed by atoms with Crippen molar-refractivity contribution < 1.29 is 17.6 Å². The molecule has 0 spiro atoms. The summed E-state index contributed by atoms with van der Waals surface area (Å²) in [6.45, 7) is 5.11. The molecule has 1 atom stereocenters. The Balaban J connectivity index is 2.67. The molecule has 0 aliphatic carbocycles. The number of benzene rings is 2. The molecule has 6 heteroatoms. The smallest absolute Gasteiger partial charge is 0.391 e. The quantitative estimate of drug-likeness (QED) is 0.467. The predicted octanol–water partition coefficient (Wildman–Crippen LogP) is 6.00. The van der Waals surface area contributed by atoms with Crippen LogP contribution in [0.3, 0.4) is 0 Å². The molecule has 0 amide bonds. The Labute approximate surface area is 151 Å². The lowest BCUT2D eigenvalue weighted by Crippen LogP contribution is -2.50. The van der Waals surface area contributed by atoms with Gasteiger partial charge in [0, 0.05) is 16.1 Å². The summed E-state index contributed by atoms with van der Waals surface area (Å²) < 4.78 is 48.1. The van der Waals surface area contributed by atoms with E-state index in [4.69, 9.17) is 16.0 Å². The van der Waals surface area contributed by atoms with Gasteiger partial charge in [-0.05, 0) is 49.8 Å². The summed E-state index contributed by atoms with van der Waals surface area (Å²) in [6.07, 6.45) is -4.71. The molecule has 1 nitrogen and oxygen atoms in total. The van der Waals surface area contributed by atoms with Crippen molar-refractivity contribution in [2.24, 2.45) is 0 Å². The van der Waals surface area contributed by atoms with E-state index in [1.165, 1.54) is 24.3 Å². The highest BCUT2D eigenvalue weighted by atomic mass is 35.5. The molecule has 0 aliphatic rings. The molecule has 25 heavy (non-hydrogen) atoms. The van der Waals surface area contributed by atoms with Crippen LogP contribution < -0.4 is 0 Å². The Morgan fingerprint density at radius 3 is 1.96 bits per heavy atom. The molecule has 0 radical (unpaired) electrons. The molecular formula is C19H18ClF3OSi. The minimum atomic E-state index is -4.71. The second-order valence-corrected chi connectivity index (χ2v) is 11.4. The molecular weight excluding hydrogens is 365 g/mol. The highest BCUT2D eigenvalue weighted by Gasteiger charge is 2.58. The highest BCUT2D eigenvalue weighted by Crippen LogP contribution is 2.44. The molecule has 0 saturated heterocycles. The summed E-state index contributed by atoms with van der Waals surface area (Å²) in [6, 6.07) is 14.0. The Morgan fingerprint density at radius 2 is 1.48 bits per heavy atom. The second-order valence-electron chi connectivity index (χ2n) is 6.52. The van der Waals surface area contributed by atoms with Gasteiger partial charge in [-0.15, -0.1) is 0 Å². The summed E-state index contributed by atoms with van der Waals surface area (Å²) in [4.78, 5) is 0. The summed E-state index contributed by atoms with van der Waals surface area (Å²) in [5.74, 6) is 5.00. The Morgan fingerprint density at radius 1 is 0.920 bits per heavy atom. The number of rotatable bonds is 3. The lowest BCUT2D eigenvalue weighted by molar-refractivity contribution is -0.233. The van der Waals surface area contributed by atoms with Crippen molar-refractivity contribution in [1.29, 1.82) is 0 Å². The van der Waals surface area contributed by atoms with Gasteiger partial charge in [-0.1, -0.05) is 47.9 Å². The maximum absolute atomic E-state index is 14.2. The fourth-order valence-corrected chi connectivity index (χ4v) is 3.60. The molecule has 0 aliphatic heterocycles. The van der Waals surface area contributed by atoms with E-state index < -0.39 is 20.1 Å². The van der Waals surface area contributed by atoms with Crippen LogP contribution in [0.1, 0.15) is 11.1 Å². The zero-order chi connectivity index (χ0) is 18.7. The predicted molar refractivity (Wildman–Crippen MR) is 96.9 cm³/mol. The number of hydrogen-bond acceptors (Lipinski definition) is 1. The van der Waals surface area contributed by atoms with Crippen LogP contribution in [0.15, 0.2) is 54.6 Å². The molecule has 1 unspecified atom stereocenters. The third-order valence-corrected chi connectivity index (χ3v) is 4.44. The molecule has 0 heterocycles. The summed E-state index contributed by atoms with van der Waals surface area (Å²) in [5.41, 5.74) is -2.28.